The van der Waals surface area contributed by atoms with Gasteiger partial charge in [-0.25, -0.2) is 0 Å². The van der Waals surface area contributed by atoms with Gasteiger partial charge in [-0.15, -0.1) is 0 Å². The van der Waals surface area contributed by atoms with Crippen LogP contribution in [0.1, 0.15) is 31.0 Å². The lowest BCUT2D eigenvalue weighted by atomic mass is 10.0. The molecule has 4 saturated heterocycles. The smallest absolute Gasteiger partial charge is 0.100 e. The summed E-state index contributed by atoms with van der Waals surface area (Å²) in [6, 6.07) is 17.1. The number of para-hydroxylation sites is 1. The zero-order valence-corrected chi connectivity index (χ0v) is 21.7. The fourth-order valence-electron chi connectivity index (χ4n) is 6.49. The van der Waals surface area contributed by atoms with Crippen LogP contribution in [0.2, 0.25) is 0 Å². The number of nitrogens with zero attached hydrogens (tertiary/aromatic N) is 5. The molecule has 1 aromatic heterocycles. The Morgan fingerprint density at radius 2 is 2.05 bits per heavy atom. The zero-order valence-electron chi connectivity index (χ0n) is 21.7. The summed E-state index contributed by atoms with van der Waals surface area (Å²) in [6.07, 6.45) is 7.44. The summed E-state index contributed by atoms with van der Waals surface area (Å²) in [6.45, 7) is 9.02. The minimum absolute atomic E-state index is 0.591. The van der Waals surface area contributed by atoms with Gasteiger partial charge in [0, 0.05) is 55.5 Å². The van der Waals surface area contributed by atoms with E-state index in [0.29, 0.717) is 12.7 Å². The standard InChI is InChI=1S/C30H35N7/c1-4-20-11-22(36-18-27-29-30(36)37(27)29)13-25(33-3)28(20)35(24(14-31)15-32-2)17-23-12-21-7-5-6-8-26(21)34(23)16-19-9-10-19/h5-8,11-15,19,27,29-32H,3-4,9-10,16-18H2,1-2H3/b24-15+,31-14?. The highest BCUT2D eigenvalue weighted by Crippen LogP contribution is 2.60. The highest BCUT2D eigenvalue weighted by molar-refractivity contribution is 5.89. The van der Waals surface area contributed by atoms with Gasteiger partial charge in [0.15, 0.2) is 0 Å². The van der Waals surface area contributed by atoms with E-state index < -0.39 is 0 Å². The number of benzene rings is 2. The molecule has 3 aromatic rings. The van der Waals surface area contributed by atoms with Gasteiger partial charge >= 0.3 is 0 Å². The van der Waals surface area contributed by atoms with Crippen molar-refractivity contribution < 1.29 is 0 Å². The van der Waals surface area contributed by atoms with Crippen molar-refractivity contribution in [3.05, 3.63) is 65.6 Å². The minimum atomic E-state index is 0.591. The molecule has 0 radical (unpaired) electrons. The van der Waals surface area contributed by atoms with Crippen molar-refractivity contribution in [1.29, 1.82) is 5.41 Å². The third-order valence-electron chi connectivity index (χ3n) is 8.67. The maximum Gasteiger partial charge on any atom is 0.100 e. The second kappa shape index (κ2) is 8.48. The molecule has 4 atom stereocenters. The molecule has 4 unspecified atom stereocenters. The summed E-state index contributed by atoms with van der Waals surface area (Å²) in [5.41, 5.74) is 7.77. The number of aryl methyl sites for hydroxylation is 1. The first-order chi connectivity index (χ1) is 18.2. The van der Waals surface area contributed by atoms with Crippen molar-refractivity contribution in [3.8, 4) is 0 Å². The van der Waals surface area contributed by atoms with Crippen LogP contribution in [0.3, 0.4) is 0 Å². The number of allylic oxidation sites excluding steroid dienone is 1. The predicted molar refractivity (Wildman–Crippen MR) is 152 cm³/mol. The van der Waals surface area contributed by atoms with Crippen LogP contribution in [0, 0.1) is 11.3 Å². The molecule has 0 spiro atoms. The Morgan fingerprint density at radius 3 is 2.70 bits per heavy atom. The van der Waals surface area contributed by atoms with Crippen molar-refractivity contribution in [1.82, 2.24) is 14.8 Å². The lowest BCUT2D eigenvalue weighted by Gasteiger charge is -2.31. The van der Waals surface area contributed by atoms with Gasteiger partial charge in [0.05, 0.1) is 29.7 Å². The summed E-state index contributed by atoms with van der Waals surface area (Å²) >= 11 is 0. The van der Waals surface area contributed by atoms with E-state index in [1.54, 1.807) is 0 Å². The maximum absolute atomic E-state index is 8.32. The van der Waals surface area contributed by atoms with Gasteiger partial charge in [-0.1, -0.05) is 25.1 Å². The fourth-order valence-corrected chi connectivity index (χ4v) is 6.49. The van der Waals surface area contributed by atoms with E-state index in [0.717, 1.165) is 54.6 Å². The number of piperazine rings is 1. The van der Waals surface area contributed by atoms with E-state index >= 15 is 0 Å². The average Bonchev–Trinajstić information content (AvgIpc) is 3.88. The molecule has 2 N–H and O–H groups in total. The lowest BCUT2D eigenvalue weighted by molar-refractivity contribution is 0.618. The molecular weight excluding hydrogens is 458 g/mol. The molecule has 7 nitrogen and oxygen atoms in total. The van der Waals surface area contributed by atoms with E-state index in [2.05, 4.69) is 85.7 Å². The number of anilines is 2. The van der Waals surface area contributed by atoms with Crippen LogP contribution in [-0.2, 0) is 19.5 Å². The number of hydrogen-bond donors (Lipinski definition) is 2. The third kappa shape index (κ3) is 3.59. The van der Waals surface area contributed by atoms with Crippen LogP contribution >= 0.6 is 0 Å². The van der Waals surface area contributed by atoms with Gasteiger partial charge in [0.2, 0.25) is 0 Å². The minimum Gasteiger partial charge on any atom is -0.392 e. The number of aromatic nitrogens is 1. The molecular formula is C30H35N7. The number of hydrogen-bond acceptors (Lipinski definition) is 6. The quantitative estimate of drug-likeness (QED) is 0.295. The summed E-state index contributed by atoms with van der Waals surface area (Å²) in [5, 5.41) is 12.8. The molecule has 4 aliphatic heterocycles. The number of aliphatic imine (C=N–C) groups is 1. The average molecular weight is 494 g/mol. The van der Waals surface area contributed by atoms with Gasteiger partial charge in [0.1, 0.15) is 6.17 Å². The van der Waals surface area contributed by atoms with Crippen molar-refractivity contribution in [2.75, 3.05) is 23.4 Å². The lowest BCUT2D eigenvalue weighted by Crippen LogP contribution is -2.27. The van der Waals surface area contributed by atoms with Gasteiger partial charge in [-0.05, 0) is 67.1 Å². The fraction of sp³-hybridized carbons (Fsp3) is 0.400. The number of fused-ring (bicyclic) bond motifs is 2. The monoisotopic (exact) mass is 493 g/mol. The Bertz CT molecular complexity index is 1410. The molecule has 190 valence electrons. The molecule has 1 saturated carbocycles. The molecule has 2 bridgehead atoms. The zero-order chi connectivity index (χ0) is 25.3. The van der Waals surface area contributed by atoms with Crippen LogP contribution in [0.25, 0.3) is 10.9 Å². The van der Waals surface area contributed by atoms with Gasteiger partial charge in [-0.2, -0.15) is 0 Å². The molecule has 7 heteroatoms. The SMILES string of the molecule is C=Nc1cc(N2CC3C4C2N34)cc(CC)c1N(Cc1cc2ccccc2n1CC1CC1)/C(C=N)=C/NC. The molecule has 5 heterocycles. The van der Waals surface area contributed by atoms with Crippen molar-refractivity contribution >= 4 is 40.9 Å². The number of rotatable bonds is 11. The molecule has 1 aliphatic carbocycles. The van der Waals surface area contributed by atoms with Crippen LogP contribution in [-0.4, -0.2) is 54.2 Å². The Labute approximate surface area is 218 Å². The highest BCUT2D eigenvalue weighted by atomic mass is 15.7. The van der Waals surface area contributed by atoms with E-state index in [1.807, 2.05) is 13.2 Å². The van der Waals surface area contributed by atoms with E-state index in [9.17, 15) is 0 Å². The van der Waals surface area contributed by atoms with Gasteiger partial charge < -0.3 is 25.1 Å². The van der Waals surface area contributed by atoms with Gasteiger partial charge in [-0.3, -0.25) is 9.89 Å². The van der Waals surface area contributed by atoms with Crippen LogP contribution in [0.5, 0.6) is 0 Å². The Hall–Kier alpha value is -3.58. The second-order valence-electron chi connectivity index (χ2n) is 10.9. The number of nitrogens with one attached hydrogen (secondary N) is 2. The molecule has 5 aliphatic rings. The van der Waals surface area contributed by atoms with Crippen molar-refractivity contribution in [3.63, 3.8) is 0 Å². The first-order valence-corrected chi connectivity index (χ1v) is 13.6. The molecule has 5 fully saturated rings. The molecule has 8 rings (SSSR count). The summed E-state index contributed by atoms with van der Waals surface area (Å²) in [7, 11) is 1.89. The Morgan fingerprint density at radius 1 is 1.24 bits per heavy atom. The highest BCUT2D eigenvalue weighted by Gasteiger charge is 2.79. The van der Waals surface area contributed by atoms with E-state index in [4.69, 9.17) is 5.41 Å². The predicted octanol–water partition coefficient (Wildman–Crippen LogP) is 4.88. The first-order valence-electron chi connectivity index (χ1n) is 13.6. The van der Waals surface area contributed by atoms with Gasteiger partial charge in [0.25, 0.3) is 0 Å². The maximum atomic E-state index is 8.32. The molecule has 0 amide bonds. The molecule has 2 aromatic carbocycles. The van der Waals surface area contributed by atoms with Crippen LogP contribution in [0.4, 0.5) is 17.1 Å². The third-order valence-corrected chi connectivity index (χ3v) is 8.67. The topological polar surface area (TPSA) is 62.7 Å². The Kier molecular flexibility index (Phi) is 5.18. The Balaban J connectivity index is 1.33. The van der Waals surface area contributed by atoms with Crippen molar-refractivity contribution in [2.45, 2.75) is 57.5 Å². The van der Waals surface area contributed by atoms with E-state index in [1.165, 1.54) is 46.9 Å². The molecule has 37 heavy (non-hydrogen) atoms. The van der Waals surface area contributed by atoms with E-state index in [-0.39, 0.29) is 0 Å². The summed E-state index contributed by atoms with van der Waals surface area (Å²) < 4.78 is 2.50. The van der Waals surface area contributed by atoms with Crippen molar-refractivity contribution in [2.24, 2.45) is 10.9 Å². The largest absolute Gasteiger partial charge is 0.392 e. The first kappa shape index (κ1) is 22.6. The normalized spacial score (nSPS) is 25.2. The van der Waals surface area contributed by atoms with Crippen LogP contribution < -0.4 is 15.1 Å². The second-order valence-corrected chi connectivity index (χ2v) is 10.9. The summed E-state index contributed by atoms with van der Waals surface area (Å²) in [4.78, 5) is 11.9. The van der Waals surface area contributed by atoms with Crippen LogP contribution in [0.15, 0.2) is 59.4 Å². The summed E-state index contributed by atoms with van der Waals surface area (Å²) in [5.74, 6) is 0.763.